The van der Waals surface area contributed by atoms with Crippen LogP contribution in [0.25, 0.3) is 0 Å². The number of carbonyl (C=O) groups is 2. The third kappa shape index (κ3) is 5.68. The van der Waals surface area contributed by atoms with Gasteiger partial charge in [-0.1, -0.05) is 103 Å². The number of para-hydroxylation sites is 1. The molecule has 0 bridgehead atoms. The van der Waals surface area contributed by atoms with E-state index >= 15 is 0 Å². The monoisotopic (exact) mass is 700 g/mol. The van der Waals surface area contributed by atoms with Crippen LogP contribution in [0.1, 0.15) is 37.5 Å². The minimum atomic E-state index is -4.21. The lowest BCUT2D eigenvalue weighted by atomic mass is 9.87. The Morgan fingerprint density at radius 3 is 2.27 bits per heavy atom. The molecular weight excluding hydrogens is 664 g/mol. The predicted molar refractivity (Wildman–Crippen MR) is 173 cm³/mol. The number of fused-ring (bicyclic) bond motifs is 3. The van der Waals surface area contributed by atoms with Crippen molar-refractivity contribution in [2.45, 2.75) is 80.0 Å². The van der Waals surface area contributed by atoms with Gasteiger partial charge in [0.05, 0.1) is 10.6 Å². The molecule has 3 aromatic carbocycles. The van der Waals surface area contributed by atoms with Gasteiger partial charge in [0.15, 0.2) is 14.4 Å². The number of nitrogens with zero attached hydrogens (tertiary/aromatic N) is 1. The normalized spacial score (nSPS) is 23.4. The number of hydrogen-bond acceptors (Lipinski definition) is 7. The Hall–Kier alpha value is -3.19. The molecule has 5 rings (SSSR count). The van der Waals surface area contributed by atoms with Crippen molar-refractivity contribution >= 4 is 52.0 Å². The summed E-state index contributed by atoms with van der Waals surface area (Å²) in [6.07, 6.45) is -3.23. The number of hydrogen-bond donors (Lipinski definition) is 1. The number of nitrogens with one attached hydrogen (secondary N) is 1. The number of esters is 1. The molecule has 1 amide bonds. The second kappa shape index (κ2) is 11.6. The number of aryl methyl sites for hydroxylation is 1. The van der Waals surface area contributed by atoms with E-state index in [1.807, 2.05) is 50.3 Å². The van der Waals surface area contributed by atoms with Crippen LogP contribution in [0.15, 0.2) is 83.8 Å². The standard InChI is InChI=1S/C32H37BrN2O7SSi/c1-21-16-18-23(19-17-21)43(38,39)35-25-15-11-10-14-24(25)32(33)27(42-44(5,6)31(2,3)4)26(28(36)41-29(32)35)34-30(37)40-20-22-12-8-7-9-13-22/h7-19,26-27,29H,20H2,1-6H3,(H,34,37)/t26-,27+,29?,32?/m0/s1. The maximum atomic E-state index is 14.2. The van der Waals surface area contributed by atoms with Crippen LogP contribution in [-0.4, -0.2) is 47.2 Å². The number of ether oxygens (including phenoxy) is 2. The summed E-state index contributed by atoms with van der Waals surface area (Å²) in [7, 11) is -6.86. The fourth-order valence-electron chi connectivity index (χ4n) is 5.15. The third-order valence-electron chi connectivity index (χ3n) is 8.62. The number of alkyl carbamates (subject to hydrolysis) is 1. The molecule has 4 atom stereocenters. The lowest BCUT2D eigenvalue weighted by molar-refractivity contribution is -0.166. The maximum Gasteiger partial charge on any atom is 0.408 e. The van der Waals surface area contributed by atoms with Gasteiger partial charge in [-0.3, -0.25) is 0 Å². The van der Waals surface area contributed by atoms with Crippen molar-refractivity contribution < 1.29 is 31.9 Å². The maximum absolute atomic E-state index is 14.2. The van der Waals surface area contributed by atoms with Gasteiger partial charge in [0.1, 0.15) is 17.0 Å². The van der Waals surface area contributed by atoms with E-state index in [-0.39, 0.29) is 16.5 Å². The van der Waals surface area contributed by atoms with Gasteiger partial charge < -0.3 is 19.2 Å². The first-order valence-electron chi connectivity index (χ1n) is 14.3. The number of anilines is 1. The molecule has 0 aromatic heterocycles. The Balaban J connectivity index is 1.59. The molecule has 3 aromatic rings. The molecule has 9 nitrogen and oxygen atoms in total. The van der Waals surface area contributed by atoms with Gasteiger partial charge >= 0.3 is 12.1 Å². The van der Waals surface area contributed by atoms with E-state index in [0.29, 0.717) is 11.3 Å². The fraction of sp³-hybridized carbons (Fsp3) is 0.375. The number of carbonyl (C=O) groups excluding carboxylic acids is 2. The fourth-order valence-corrected chi connectivity index (χ4v) is 9.35. The van der Waals surface area contributed by atoms with Crippen molar-refractivity contribution in [2.24, 2.45) is 0 Å². The van der Waals surface area contributed by atoms with E-state index < -0.39 is 53.1 Å². The smallest absolute Gasteiger partial charge is 0.408 e. The zero-order valence-electron chi connectivity index (χ0n) is 25.5. The summed E-state index contributed by atoms with van der Waals surface area (Å²) >= 11 is 3.88. The summed E-state index contributed by atoms with van der Waals surface area (Å²) in [6.45, 7) is 12.1. The number of benzene rings is 3. The van der Waals surface area contributed by atoms with Crippen LogP contribution in [0, 0.1) is 6.92 Å². The molecule has 2 unspecified atom stereocenters. The van der Waals surface area contributed by atoms with Crippen molar-refractivity contribution in [1.82, 2.24) is 5.32 Å². The van der Waals surface area contributed by atoms with E-state index in [4.69, 9.17) is 13.9 Å². The predicted octanol–water partition coefficient (Wildman–Crippen LogP) is 6.36. The van der Waals surface area contributed by atoms with Gasteiger partial charge in [0.25, 0.3) is 10.0 Å². The zero-order valence-corrected chi connectivity index (χ0v) is 28.9. The van der Waals surface area contributed by atoms with E-state index in [1.165, 1.54) is 12.1 Å². The van der Waals surface area contributed by atoms with Crippen LogP contribution in [-0.2, 0) is 39.6 Å². The van der Waals surface area contributed by atoms with Crippen LogP contribution in [0.4, 0.5) is 10.5 Å². The summed E-state index contributed by atoms with van der Waals surface area (Å²) in [5, 5.41) is 2.41. The molecule has 234 valence electrons. The Morgan fingerprint density at radius 2 is 1.64 bits per heavy atom. The Bertz CT molecular complexity index is 1660. The van der Waals surface area contributed by atoms with Crippen LogP contribution in [0.5, 0.6) is 0 Å². The van der Waals surface area contributed by atoms with Crippen LogP contribution in [0.3, 0.4) is 0 Å². The number of halogens is 1. The zero-order chi connectivity index (χ0) is 32.1. The molecule has 1 saturated heterocycles. The average Bonchev–Trinajstić information content (AvgIpc) is 3.23. The Morgan fingerprint density at radius 1 is 1.02 bits per heavy atom. The highest BCUT2D eigenvalue weighted by molar-refractivity contribution is 9.09. The first-order valence-corrected chi connectivity index (χ1v) is 19.5. The average molecular weight is 702 g/mol. The summed E-state index contributed by atoms with van der Waals surface area (Å²) in [5.41, 5.74) is 2.59. The van der Waals surface area contributed by atoms with E-state index in [0.717, 1.165) is 15.4 Å². The number of amides is 1. The second-order valence-corrected chi connectivity index (χ2v) is 20.6. The quantitative estimate of drug-likeness (QED) is 0.173. The molecule has 2 heterocycles. The first kappa shape index (κ1) is 32.2. The summed E-state index contributed by atoms with van der Waals surface area (Å²) in [5.74, 6) is -0.831. The molecule has 0 radical (unpaired) electrons. The topological polar surface area (TPSA) is 111 Å². The Kier molecular flexibility index (Phi) is 8.51. The SMILES string of the molecule is Cc1ccc(S(=O)(=O)N2c3ccccc3C3(Br)C2OC(=O)[C@@H](NC(=O)OCc2ccccc2)[C@H]3O[Si](C)(C)C(C)(C)C)cc1. The number of sulfonamides is 1. The van der Waals surface area contributed by atoms with Crippen molar-refractivity contribution in [1.29, 1.82) is 0 Å². The molecule has 0 spiro atoms. The van der Waals surface area contributed by atoms with E-state index in [1.54, 1.807) is 36.4 Å². The minimum absolute atomic E-state index is 0.00428. The van der Waals surface area contributed by atoms with Gasteiger partial charge in [-0.05, 0) is 48.8 Å². The molecule has 0 aliphatic carbocycles. The second-order valence-electron chi connectivity index (χ2n) is 12.7. The van der Waals surface area contributed by atoms with Gasteiger partial charge in [0.2, 0.25) is 6.23 Å². The highest BCUT2D eigenvalue weighted by Gasteiger charge is 2.67. The van der Waals surface area contributed by atoms with Crippen LogP contribution in [0.2, 0.25) is 18.1 Å². The molecule has 44 heavy (non-hydrogen) atoms. The van der Waals surface area contributed by atoms with Gasteiger partial charge in [-0.25, -0.2) is 22.3 Å². The van der Waals surface area contributed by atoms with E-state index in [9.17, 15) is 18.0 Å². The van der Waals surface area contributed by atoms with Crippen LogP contribution >= 0.6 is 15.9 Å². The van der Waals surface area contributed by atoms with Crippen molar-refractivity contribution in [3.63, 3.8) is 0 Å². The van der Waals surface area contributed by atoms with Gasteiger partial charge in [0, 0.05) is 5.56 Å². The largest absolute Gasteiger partial charge is 0.445 e. The number of alkyl halides is 1. The van der Waals surface area contributed by atoms with Crippen molar-refractivity contribution in [2.75, 3.05) is 4.31 Å². The van der Waals surface area contributed by atoms with E-state index in [2.05, 4.69) is 42.0 Å². The summed E-state index contributed by atoms with van der Waals surface area (Å²) in [4.78, 5) is 27.0. The molecule has 12 heteroatoms. The van der Waals surface area contributed by atoms with Gasteiger partial charge in [-0.2, -0.15) is 0 Å². The van der Waals surface area contributed by atoms with Crippen molar-refractivity contribution in [3.05, 3.63) is 95.6 Å². The lowest BCUT2D eigenvalue weighted by Gasteiger charge is -2.50. The molecule has 2 aliphatic heterocycles. The molecular formula is C32H37BrN2O7SSi. The number of rotatable bonds is 7. The lowest BCUT2D eigenvalue weighted by Crippen LogP contribution is -2.69. The summed E-state index contributed by atoms with van der Waals surface area (Å²) in [6, 6.07) is 21.3. The Labute approximate surface area is 268 Å². The minimum Gasteiger partial charge on any atom is -0.445 e. The highest BCUT2D eigenvalue weighted by atomic mass is 79.9. The molecule has 0 saturated carbocycles. The molecule has 1 N–H and O–H groups in total. The van der Waals surface area contributed by atoms with Gasteiger partial charge in [-0.15, -0.1) is 0 Å². The first-order chi connectivity index (χ1) is 20.6. The molecule has 2 aliphatic rings. The third-order valence-corrected chi connectivity index (χ3v) is 16.1. The van der Waals surface area contributed by atoms with Crippen LogP contribution < -0.4 is 9.62 Å². The summed E-state index contributed by atoms with van der Waals surface area (Å²) < 4.78 is 46.6. The molecule has 1 fully saturated rings. The van der Waals surface area contributed by atoms with Crippen molar-refractivity contribution in [3.8, 4) is 0 Å². The highest BCUT2D eigenvalue weighted by Crippen LogP contribution is 2.58.